The lowest BCUT2D eigenvalue weighted by atomic mass is 10.1. The topological polar surface area (TPSA) is 26.0 Å². The van der Waals surface area contributed by atoms with E-state index in [0.717, 1.165) is 39.6 Å². The molecule has 8 aromatic rings. The molecule has 0 fully saturated rings. The van der Waals surface area contributed by atoms with E-state index in [4.69, 9.17) is 0 Å². The Bertz CT molecular complexity index is 2090. The van der Waals surface area contributed by atoms with Crippen LogP contribution in [-0.4, -0.2) is 14.1 Å². The summed E-state index contributed by atoms with van der Waals surface area (Å²) in [7, 11) is 0. The average Bonchev–Trinajstić information content (AvgIpc) is 3.55. The Morgan fingerprint density at radius 1 is 0.439 bits per heavy atom. The van der Waals surface area contributed by atoms with Gasteiger partial charge in [-0.05, 0) is 66.7 Å². The van der Waals surface area contributed by atoms with Crippen LogP contribution in [0.2, 0.25) is 0 Å². The van der Waals surface area contributed by atoms with Crippen molar-refractivity contribution in [2.45, 2.75) is 0 Å². The second-order valence-corrected chi connectivity index (χ2v) is 10.1. The minimum Gasteiger partial charge on any atom is -0.310 e. The molecule has 3 heterocycles. The molecule has 0 saturated carbocycles. The smallest absolute Gasteiger partial charge is 0.131 e. The summed E-state index contributed by atoms with van der Waals surface area (Å²) in [6.07, 6.45) is 3.69. The van der Waals surface area contributed by atoms with E-state index in [2.05, 4.69) is 165 Å². The van der Waals surface area contributed by atoms with E-state index in [1.54, 1.807) is 0 Å². The summed E-state index contributed by atoms with van der Waals surface area (Å²) in [5.74, 6) is 0. The van der Waals surface area contributed by atoms with Crippen molar-refractivity contribution in [3.05, 3.63) is 158 Å². The first-order chi connectivity index (χ1) is 20.4. The van der Waals surface area contributed by atoms with Crippen LogP contribution >= 0.6 is 0 Å². The highest BCUT2D eigenvalue weighted by Crippen LogP contribution is 2.43. The SMILES string of the molecule is c1ccc(N(c2ccncc2)c2ccc3c4c5ccccc5n(-c5ccccc5)c4n(-c4ccccc4)c3c2)cc1. The monoisotopic (exact) mass is 526 g/mol. The summed E-state index contributed by atoms with van der Waals surface area (Å²) < 4.78 is 4.81. The predicted molar refractivity (Wildman–Crippen MR) is 170 cm³/mol. The van der Waals surface area contributed by atoms with Crippen molar-refractivity contribution < 1.29 is 0 Å². The normalized spacial score (nSPS) is 11.4. The van der Waals surface area contributed by atoms with Gasteiger partial charge in [-0.1, -0.05) is 78.9 Å². The molecule has 0 aliphatic rings. The van der Waals surface area contributed by atoms with Crippen LogP contribution in [0.4, 0.5) is 17.1 Å². The quantitative estimate of drug-likeness (QED) is 0.223. The van der Waals surface area contributed by atoms with Gasteiger partial charge >= 0.3 is 0 Å². The summed E-state index contributed by atoms with van der Waals surface area (Å²) in [5.41, 5.74) is 9.02. The van der Waals surface area contributed by atoms with Crippen molar-refractivity contribution in [1.29, 1.82) is 0 Å². The largest absolute Gasteiger partial charge is 0.310 e. The molecule has 0 aliphatic heterocycles. The second kappa shape index (κ2) is 9.54. The molecule has 3 aromatic heterocycles. The summed E-state index contributed by atoms with van der Waals surface area (Å²) in [6, 6.07) is 51.5. The van der Waals surface area contributed by atoms with Gasteiger partial charge in [0.2, 0.25) is 0 Å². The molecule has 5 aromatic carbocycles. The lowest BCUT2D eigenvalue weighted by Gasteiger charge is -2.25. The first kappa shape index (κ1) is 23.3. The molecular formula is C37H26N4. The third-order valence-corrected chi connectivity index (χ3v) is 7.78. The van der Waals surface area contributed by atoms with Gasteiger partial charge in [0.1, 0.15) is 5.65 Å². The fraction of sp³-hybridized carbons (Fsp3) is 0. The van der Waals surface area contributed by atoms with Gasteiger partial charge in [0, 0.05) is 57.0 Å². The van der Waals surface area contributed by atoms with Crippen LogP contribution < -0.4 is 4.90 Å². The minimum atomic E-state index is 1.06. The highest BCUT2D eigenvalue weighted by atomic mass is 15.2. The van der Waals surface area contributed by atoms with Gasteiger partial charge in [0.15, 0.2) is 0 Å². The molecule has 0 radical (unpaired) electrons. The molecule has 0 atom stereocenters. The van der Waals surface area contributed by atoms with Gasteiger partial charge < -0.3 is 4.90 Å². The third kappa shape index (κ3) is 3.73. The van der Waals surface area contributed by atoms with E-state index in [1.165, 1.54) is 21.7 Å². The fourth-order valence-corrected chi connectivity index (χ4v) is 6.07. The maximum atomic E-state index is 4.27. The number of hydrogen-bond acceptors (Lipinski definition) is 2. The van der Waals surface area contributed by atoms with Crippen molar-refractivity contribution in [3.8, 4) is 11.4 Å². The molecule has 0 N–H and O–H groups in total. The summed E-state index contributed by atoms with van der Waals surface area (Å²) in [5, 5.41) is 3.72. The van der Waals surface area contributed by atoms with Crippen LogP contribution in [0.25, 0.3) is 44.2 Å². The number of aromatic nitrogens is 3. The molecular weight excluding hydrogens is 500 g/mol. The third-order valence-electron chi connectivity index (χ3n) is 7.78. The van der Waals surface area contributed by atoms with Crippen LogP contribution in [0, 0.1) is 0 Å². The summed E-state index contributed by atoms with van der Waals surface area (Å²) >= 11 is 0. The fourth-order valence-electron chi connectivity index (χ4n) is 6.07. The second-order valence-electron chi connectivity index (χ2n) is 10.1. The Kier molecular flexibility index (Phi) is 5.42. The standard InChI is InChI=1S/C37H26N4/c1-4-12-27(13-5-1)39(30-22-24-38-25-23-30)31-20-21-33-35(26-31)41(29-16-8-3-9-17-29)37-36(33)32-18-10-11-19-34(32)40(37)28-14-6-2-7-15-28/h1-26H. The molecule has 0 bridgehead atoms. The Morgan fingerprint density at radius 3 is 1.66 bits per heavy atom. The van der Waals surface area contributed by atoms with E-state index < -0.39 is 0 Å². The van der Waals surface area contributed by atoms with Crippen LogP contribution in [0.5, 0.6) is 0 Å². The van der Waals surface area contributed by atoms with Crippen molar-refractivity contribution in [2.75, 3.05) is 4.90 Å². The number of pyridine rings is 1. The Balaban J connectivity index is 1.50. The maximum Gasteiger partial charge on any atom is 0.131 e. The number of rotatable bonds is 5. The highest BCUT2D eigenvalue weighted by molar-refractivity contribution is 6.22. The summed E-state index contributed by atoms with van der Waals surface area (Å²) in [4.78, 5) is 6.56. The Hall–Kier alpha value is -5.61. The van der Waals surface area contributed by atoms with Crippen LogP contribution in [0.1, 0.15) is 0 Å². The van der Waals surface area contributed by atoms with Crippen LogP contribution in [0.15, 0.2) is 158 Å². The van der Waals surface area contributed by atoms with Crippen LogP contribution in [0.3, 0.4) is 0 Å². The van der Waals surface area contributed by atoms with E-state index in [0.29, 0.717) is 0 Å². The molecule has 194 valence electrons. The van der Waals surface area contributed by atoms with Gasteiger partial charge in [-0.25, -0.2) is 0 Å². The van der Waals surface area contributed by atoms with Crippen molar-refractivity contribution in [2.24, 2.45) is 0 Å². The van der Waals surface area contributed by atoms with Crippen molar-refractivity contribution in [3.63, 3.8) is 0 Å². The van der Waals surface area contributed by atoms with E-state index in [1.807, 2.05) is 12.4 Å². The van der Waals surface area contributed by atoms with Gasteiger partial charge in [0.05, 0.1) is 11.0 Å². The lowest BCUT2D eigenvalue weighted by Crippen LogP contribution is -2.10. The Labute approximate surface area is 238 Å². The predicted octanol–water partition coefficient (Wildman–Crippen LogP) is 9.59. The first-order valence-electron chi connectivity index (χ1n) is 13.8. The van der Waals surface area contributed by atoms with Crippen LogP contribution in [-0.2, 0) is 0 Å². The molecule has 0 amide bonds. The van der Waals surface area contributed by atoms with E-state index in [9.17, 15) is 0 Å². The Morgan fingerprint density at radius 2 is 0.976 bits per heavy atom. The zero-order valence-electron chi connectivity index (χ0n) is 22.3. The molecule has 4 nitrogen and oxygen atoms in total. The van der Waals surface area contributed by atoms with Gasteiger partial charge in [0.25, 0.3) is 0 Å². The molecule has 0 unspecified atom stereocenters. The molecule has 4 heteroatoms. The van der Waals surface area contributed by atoms with Gasteiger partial charge in [-0.15, -0.1) is 0 Å². The molecule has 8 rings (SSSR count). The molecule has 0 saturated heterocycles. The highest BCUT2D eigenvalue weighted by Gasteiger charge is 2.23. The zero-order chi connectivity index (χ0) is 27.2. The minimum absolute atomic E-state index is 1.06. The molecule has 0 spiro atoms. The van der Waals surface area contributed by atoms with Crippen molar-refractivity contribution >= 4 is 49.9 Å². The number of para-hydroxylation sites is 4. The number of fused-ring (bicyclic) bond motifs is 5. The first-order valence-corrected chi connectivity index (χ1v) is 13.8. The van der Waals surface area contributed by atoms with Gasteiger partial charge in [-0.2, -0.15) is 0 Å². The lowest BCUT2D eigenvalue weighted by molar-refractivity contribution is 1.07. The van der Waals surface area contributed by atoms with Gasteiger partial charge in [-0.3, -0.25) is 14.1 Å². The average molecular weight is 527 g/mol. The summed E-state index contributed by atoms with van der Waals surface area (Å²) in [6.45, 7) is 0. The number of nitrogens with zero attached hydrogens (tertiary/aromatic N) is 4. The maximum absolute atomic E-state index is 4.27. The number of anilines is 3. The van der Waals surface area contributed by atoms with E-state index in [-0.39, 0.29) is 0 Å². The van der Waals surface area contributed by atoms with Crippen molar-refractivity contribution in [1.82, 2.24) is 14.1 Å². The molecule has 0 aliphatic carbocycles. The molecule has 41 heavy (non-hydrogen) atoms. The van der Waals surface area contributed by atoms with E-state index >= 15 is 0 Å². The zero-order valence-corrected chi connectivity index (χ0v) is 22.3. The number of hydrogen-bond donors (Lipinski definition) is 0. The number of benzene rings is 5.